The number of hydrogen-bond donors (Lipinski definition) is 0. The zero-order valence-electron chi connectivity index (χ0n) is 18.2. The summed E-state index contributed by atoms with van der Waals surface area (Å²) in [6.07, 6.45) is 9.56. The molecular formula is C22H31N5O4. The van der Waals surface area contributed by atoms with Crippen LogP contribution in [0, 0.1) is 46.5 Å². The molecule has 9 nitrogen and oxygen atoms in total. The van der Waals surface area contributed by atoms with Crippen LogP contribution in [0.15, 0.2) is 14.4 Å². The van der Waals surface area contributed by atoms with Crippen molar-refractivity contribution < 1.29 is 4.74 Å². The largest absolute Gasteiger partial charge is 0.427 e. The maximum Gasteiger partial charge on any atom is 0.336 e. The van der Waals surface area contributed by atoms with Crippen LogP contribution < -0.4 is 17.1 Å². The van der Waals surface area contributed by atoms with Crippen LogP contribution >= 0.6 is 0 Å². The highest BCUT2D eigenvalue weighted by Gasteiger charge is 2.27. The first-order valence-corrected chi connectivity index (χ1v) is 11.2. The molecule has 9 heteroatoms. The van der Waals surface area contributed by atoms with Crippen molar-refractivity contribution in [2.24, 2.45) is 30.7 Å². The predicted octanol–water partition coefficient (Wildman–Crippen LogP) is 1.73. The summed E-state index contributed by atoms with van der Waals surface area (Å²) in [7, 11) is 1.42. The third-order valence-corrected chi connectivity index (χ3v) is 6.93. The van der Waals surface area contributed by atoms with Crippen molar-refractivity contribution in [1.29, 1.82) is 10.5 Å². The van der Waals surface area contributed by atoms with E-state index in [4.69, 9.17) is 15.3 Å². The molecule has 168 valence electrons. The van der Waals surface area contributed by atoms with E-state index in [1.165, 1.54) is 16.2 Å². The fourth-order valence-corrected chi connectivity index (χ4v) is 5.34. The zero-order chi connectivity index (χ0) is 22.4. The molecule has 0 aliphatic heterocycles. The summed E-state index contributed by atoms with van der Waals surface area (Å²) in [6, 6.07) is 2.23. The van der Waals surface area contributed by atoms with Gasteiger partial charge in [0.15, 0.2) is 0 Å². The Hall–Kier alpha value is -2.81. The summed E-state index contributed by atoms with van der Waals surface area (Å²) in [6.45, 7) is 0.929. The van der Waals surface area contributed by atoms with Crippen molar-refractivity contribution in [3.63, 3.8) is 0 Å². The number of ether oxygens (including phenoxy) is 1. The van der Waals surface area contributed by atoms with Crippen LogP contribution in [0.25, 0.3) is 0 Å². The molecule has 0 spiro atoms. The van der Waals surface area contributed by atoms with Gasteiger partial charge in [0.05, 0.1) is 6.07 Å². The number of nitriles is 2. The van der Waals surface area contributed by atoms with E-state index >= 15 is 0 Å². The van der Waals surface area contributed by atoms with Gasteiger partial charge in [-0.25, -0.2) is 28.1 Å². The van der Waals surface area contributed by atoms with Crippen molar-refractivity contribution in [3.8, 4) is 12.3 Å². The first-order chi connectivity index (χ1) is 14.9. The third-order valence-electron chi connectivity index (χ3n) is 6.93. The summed E-state index contributed by atoms with van der Waals surface area (Å²) in [4.78, 5) is 38.6. The highest BCUT2D eigenvalue weighted by molar-refractivity contribution is 4.85. The maximum absolute atomic E-state index is 13.2. The lowest BCUT2D eigenvalue weighted by Gasteiger charge is -2.29. The van der Waals surface area contributed by atoms with E-state index in [9.17, 15) is 14.4 Å². The lowest BCUT2D eigenvalue weighted by molar-refractivity contribution is 0.144. The van der Waals surface area contributed by atoms with Crippen LogP contribution in [0.3, 0.4) is 0 Å². The zero-order valence-corrected chi connectivity index (χ0v) is 18.2. The third kappa shape index (κ3) is 5.46. The van der Waals surface area contributed by atoms with Gasteiger partial charge in [-0.15, -0.1) is 0 Å². The average Bonchev–Trinajstić information content (AvgIpc) is 2.78. The lowest BCUT2D eigenvalue weighted by Crippen LogP contribution is -2.55. The topological polar surface area (TPSA) is 123 Å². The second-order valence-corrected chi connectivity index (χ2v) is 9.19. The minimum absolute atomic E-state index is 0.132. The summed E-state index contributed by atoms with van der Waals surface area (Å²) < 4.78 is 8.32. The van der Waals surface area contributed by atoms with Gasteiger partial charge in [-0.2, -0.15) is 10.5 Å². The van der Waals surface area contributed by atoms with Crippen LogP contribution in [0.2, 0.25) is 0 Å². The SMILES string of the molecule is Cn1c(=O)n(CC2CCCC(CC#N)C2)c(=O)n(CC2CCCC(COC#N)C2)c1=O. The lowest BCUT2D eigenvalue weighted by atomic mass is 9.80. The summed E-state index contributed by atoms with van der Waals surface area (Å²) in [5.41, 5.74) is -1.68. The van der Waals surface area contributed by atoms with Crippen molar-refractivity contribution in [3.05, 3.63) is 31.5 Å². The highest BCUT2D eigenvalue weighted by Crippen LogP contribution is 2.32. The van der Waals surface area contributed by atoms with Crippen molar-refractivity contribution in [1.82, 2.24) is 13.7 Å². The standard InChI is InChI=1S/C22H31N5O4/c1-25-20(28)26(12-17-5-2-4-16(10-17)8-9-23)22(30)27(21(25)29)13-18-6-3-7-19(11-18)14-31-15-24/h16-19H,2-8,10-14H2,1H3. The fraction of sp³-hybridized carbons (Fsp3) is 0.773. The van der Waals surface area contributed by atoms with Gasteiger partial charge in [0.2, 0.25) is 0 Å². The molecule has 3 rings (SSSR count). The van der Waals surface area contributed by atoms with Crippen molar-refractivity contribution in [2.75, 3.05) is 6.61 Å². The van der Waals surface area contributed by atoms with Gasteiger partial charge in [-0.3, -0.25) is 0 Å². The Morgan fingerprint density at radius 2 is 1.35 bits per heavy atom. The van der Waals surface area contributed by atoms with E-state index in [1.807, 2.05) is 0 Å². The molecular weight excluding hydrogens is 398 g/mol. The molecule has 0 aromatic carbocycles. The number of aromatic nitrogens is 3. The molecule has 2 fully saturated rings. The second-order valence-electron chi connectivity index (χ2n) is 9.19. The molecule has 0 N–H and O–H groups in total. The molecule has 31 heavy (non-hydrogen) atoms. The maximum atomic E-state index is 13.2. The van der Waals surface area contributed by atoms with Gasteiger partial charge in [-0.05, 0) is 62.2 Å². The van der Waals surface area contributed by atoms with Crippen LogP contribution in [0.5, 0.6) is 0 Å². The van der Waals surface area contributed by atoms with Crippen molar-refractivity contribution >= 4 is 0 Å². The smallest absolute Gasteiger partial charge is 0.336 e. The number of hydrogen-bond acceptors (Lipinski definition) is 6. The molecule has 2 aliphatic carbocycles. The van der Waals surface area contributed by atoms with Crippen LogP contribution in [0.1, 0.15) is 57.8 Å². The van der Waals surface area contributed by atoms with Crippen LogP contribution in [0.4, 0.5) is 0 Å². The molecule has 0 radical (unpaired) electrons. The van der Waals surface area contributed by atoms with E-state index < -0.39 is 17.1 Å². The Bertz CT molecular complexity index is 1020. The Morgan fingerprint density at radius 1 is 0.839 bits per heavy atom. The summed E-state index contributed by atoms with van der Waals surface area (Å²) >= 11 is 0. The van der Waals surface area contributed by atoms with Gasteiger partial charge in [0, 0.05) is 26.6 Å². The second kappa shape index (κ2) is 10.5. The minimum Gasteiger partial charge on any atom is -0.427 e. The van der Waals surface area contributed by atoms with Crippen LogP contribution in [-0.2, 0) is 24.9 Å². The Morgan fingerprint density at radius 3 is 1.90 bits per heavy atom. The van der Waals surface area contributed by atoms with Gasteiger partial charge >= 0.3 is 17.1 Å². The average molecular weight is 430 g/mol. The fourth-order valence-electron chi connectivity index (χ4n) is 5.34. The molecule has 0 saturated heterocycles. The van der Waals surface area contributed by atoms with Crippen LogP contribution in [-0.4, -0.2) is 20.3 Å². The van der Waals surface area contributed by atoms with Gasteiger partial charge in [-0.1, -0.05) is 12.8 Å². The molecule has 0 amide bonds. The predicted molar refractivity (Wildman–Crippen MR) is 113 cm³/mol. The Balaban J connectivity index is 1.81. The van der Waals surface area contributed by atoms with E-state index in [0.717, 1.165) is 55.9 Å². The Kier molecular flexibility index (Phi) is 7.73. The molecule has 0 bridgehead atoms. The van der Waals surface area contributed by atoms with E-state index in [1.54, 1.807) is 6.26 Å². The van der Waals surface area contributed by atoms with Crippen molar-refractivity contribution in [2.45, 2.75) is 70.9 Å². The molecule has 2 saturated carbocycles. The molecule has 1 heterocycles. The van der Waals surface area contributed by atoms with Gasteiger partial charge in [0.1, 0.15) is 6.61 Å². The molecule has 1 aromatic heterocycles. The summed E-state index contributed by atoms with van der Waals surface area (Å²) in [5.74, 6) is 0.838. The van der Waals surface area contributed by atoms with E-state index in [2.05, 4.69) is 6.07 Å². The van der Waals surface area contributed by atoms with Gasteiger partial charge in [0.25, 0.3) is 6.26 Å². The number of nitrogens with zero attached hydrogens (tertiary/aromatic N) is 5. The molecule has 2 aliphatic rings. The normalized spacial score (nSPS) is 26.0. The highest BCUT2D eigenvalue weighted by atomic mass is 16.5. The first kappa shape index (κ1) is 22.9. The van der Waals surface area contributed by atoms with E-state index in [0.29, 0.717) is 18.9 Å². The molecule has 1 aromatic rings. The summed E-state index contributed by atoms with van der Waals surface area (Å²) in [5, 5.41) is 17.6. The monoisotopic (exact) mass is 429 g/mol. The number of rotatable bonds is 7. The minimum atomic E-state index is -0.576. The first-order valence-electron chi connectivity index (χ1n) is 11.2. The quantitative estimate of drug-likeness (QED) is 0.608. The van der Waals surface area contributed by atoms with E-state index in [-0.39, 0.29) is 30.8 Å². The molecule has 4 atom stereocenters. The Labute approximate surface area is 181 Å². The van der Waals surface area contributed by atoms with Gasteiger partial charge < -0.3 is 4.74 Å². The molecule has 4 unspecified atom stereocenters.